The molecule has 2 aliphatic carbocycles. The van der Waals surface area contributed by atoms with Crippen LogP contribution >= 0.6 is 0 Å². The van der Waals surface area contributed by atoms with E-state index in [9.17, 15) is 17.6 Å². The molecule has 9 heteroatoms. The van der Waals surface area contributed by atoms with Crippen molar-refractivity contribution in [2.45, 2.75) is 31.1 Å². The van der Waals surface area contributed by atoms with E-state index in [4.69, 9.17) is 5.14 Å². The molecule has 33 heavy (non-hydrogen) atoms. The van der Waals surface area contributed by atoms with E-state index < -0.39 is 15.4 Å². The molecule has 3 N–H and O–H groups in total. The molecule has 0 aliphatic heterocycles. The number of nitrogens with two attached hydrogens (primary N) is 1. The zero-order valence-electron chi connectivity index (χ0n) is 18.0. The first-order chi connectivity index (χ1) is 15.7. The second-order valence-corrected chi connectivity index (χ2v) is 10.4. The predicted octanol–water partition coefficient (Wildman–Crippen LogP) is 3.65. The zero-order valence-corrected chi connectivity index (χ0v) is 18.8. The number of primary sulfonamides is 1. The molecule has 1 aromatic heterocycles. The Morgan fingerprint density at radius 2 is 1.94 bits per heavy atom. The molecule has 0 spiro atoms. The molecule has 1 heterocycles. The number of anilines is 1. The van der Waals surface area contributed by atoms with Crippen molar-refractivity contribution in [3.8, 4) is 5.69 Å². The number of halogens is 1. The monoisotopic (exact) mass is 466 g/mol. The normalized spacial score (nSPS) is 21.8. The first-order valence-electron chi connectivity index (χ1n) is 10.6. The Morgan fingerprint density at radius 3 is 2.67 bits per heavy atom. The van der Waals surface area contributed by atoms with E-state index in [1.807, 2.05) is 0 Å². The van der Waals surface area contributed by atoms with Gasteiger partial charge in [0.15, 0.2) is 0 Å². The molecule has 0 unspecified atom stereocenters. The fraction of sp³-hybridized carbons (Fsp3) is 0.250. The van der Waals surface area contributed by atoms with Gasteiger partial charge < -0.3 is 5.32 Å². The summed E-state index contributed by atoms with van der Waals surface area (Å²) < 4.78 is 38.9. The molecule has 5 rings (SSSR count). The van der Waals surface area contributed by atoms with Gasteiger partial charge in [0.1, 0.15) is 10.7 Å². The maximum Gasteiger partial charge on any atom is 0.240 e. The molecule has 3 aromatic rings. The van der Waals surface area contributed by atoms with E-state index in [0.29, 0.717) is 12.8 Å². The summed E-state index contributed by atoms with van der Waals surface area (Å²) in [4.78, 5) is 13.2. The summed E-state index contributed by atoms with van der Waals surface area (Å²) in [5.41, 5.74) is 3.64. The highest BCUT2D eigenvalue weighted by molar-refractivity contribution is 7.89. The highest BCUT2D eigenvalue weighted by Gasteiger charge is 2.48. The third kappa shape index (κ3) is 3.67. The van der Waals surface area contributed by atoms with Crippen LogP contribution in [0.15, 0.2) is 65.2 Å². The molecule has 0 saturated heterocycles. The van der Waals surface area contributed by atoms with Crippen molar-refractivity contribution in [3.63, 3.8) is 0 Å². The molecule has 1 amide bonds. The Morgan fingerprint density at radius 1 is 1.21 bits per heavy atom. The average Bonchev–Trinajstić information content (AvgIpc) is 3.31. The lowest BCUT2D eigenvalue weighted by atomic mass is 9.69. The second-order valence-electron chi connectivity index (χ2n) is 8.83. The molecule has 0 radical (unpaired) electrons. The van der Waals surface area contributed by atoms with Crippen LogP contribution in [0.3, 0.4) is 0 Å². The number of carbonyl (C=O) groups excluding carboxylic acids is 1. The first-order valence-corrected chi connectivity index (χ1v) is 12.2. The molecule has 2 aliphatic rings. The largest absolute Gasteiger partial charge is 0.325 e. The number of aromatic nitrogens is 2. The van der Waals surface area contributed by atoms with Crippen LogP contribution in [0.5, 0.6) is 0 Å². The lowest BCUT2D eigenvalue weighted by Crippen LogP contribution is -2.37. The Bertz CT molecular complexity index is 1400. The van der Waals surface area contributed by atoms with Gasteiger partial charge in [-0.05, 0) is 67.3 Å². The molecular weight excluding hydrogens is 443 g/mol. The number of amides is 1. The van der Waals surface area contributed by atoms with Gasteiger partial charge in [-0.25, -0.2) is 22.6 Å². The second kappa shape index (κ2) is 7.64. The van der Waals surface area contributed by atoms with Gasteiger partial charge in [-0.3, -0.25) is 4.79 Å². The van der Waals surface area contributed by atoms with E-state index in [0.717, 1.165) is 28.9 Å². The number of rotatable bonds is 4. The summed E-state index contributed by atoms with van der Waals surface area (Å²) in [6.45, 7) is 2.07. The van der Waals surface area contributed by atoms with Gasteiger partial charge >= 0.3 is 0 Å². The predicted molar refractivity (Wildman–Crippen MR) is 122 cm³/mol. The van der Waals surface area contributed by atoms with Crippen LogP contribution in [0.4, 0.5) is 10.1 Å². The van der Waals surface area contributed by atoms with Crippen LogP contribution in [0, 0.1) is 17.2 Å². The van der Waals surface area contributed by atoms with Gasteiger partial charge in [-0.1, -0.05) is 24.6 Å². The number of nitrogens with one attached hydrogen (secondary N) is 1. The lowest BCUT2D eigenvalue weighted by molar-refractivity contribution is -0.122. The minimum atomic E-state index is -3.97. The number of fused-ring (bicyclic) bond motifs is 2. The van der Waals surface area contributed by atoms with Gasteiger partial charge in [0.25, 0.3) is 0 Å². The third-order valence-electron chi connectivity index (χ3n) is 6.80. The highest BCUT2D eigenvalue weighted by Crippen LogP contribution is 2.53. The minimum absolute atomic E-state index is 0.108. The SMILES string of the molecule is C[C@]12Cc3cnn(-c4ccc(F)cc4)c3C=C1CC[C@@H]2C(=O)Nc1ccccc1S(N)(=O)=O. The summed E-state index contributed by atoms with van der Waals surface area (Å²) in [7, 11) is -3.97. The maximum atomic E-state index is 13.3. The van der Waals surface area contributed by atoms with Crippen LogP contribution in [0.2, 0.25) is 0 Å². The quantitative estimate of drug-likeness (QED) is 0.612. The summed E-state index contributed by atoms with van der Waals surface area (Å²) in [6.07, 6.45) is 5.91. The third-order valence-corrected chi connectivity index (χ3v) is 7.77. The number of benzene rings is 2. The fourth-order valence-electron chi connectivity index (χ4n) is 5.09. The van der Waals surface area contributed by atoms with E-state index in [1.165, 1.54) is 24.3 Å². The standard InChI is InChI=1S/C24H23FN4O3S/c1-24-13-15-14-27-29(18-9-7-17(25)8-10-18)21(15)12-16(24)6-11-19(24)23(30)28-20-4-2-3-5-22(20)33(26,31)32/h2-5,7-10,12,14,19H,6,11,13H2,1H3,(H,28,30)(H2,26,31,32)/t19-,24+/m1/s1. The Hall–Kier alpha value is -3.30. The lowest BCUT2D eigenvalue weighted by Gasteiger charge is -2.35. The first kappa shape index (κ1) is 21.5. The number of nitrogens with zero attached hydrogens (tertiary/aromatic N) is 2. The molecule has 0 bridgehead atoms. The number of para-hydroxylation sites is 1. The number of hydrogen-bond donors (Lipinski definition) is 2. The van der Waals surface area contributed by atoms with Crippen LogP contribution in [-0.2, 0) is 21.2 Å². The number of sulfonamides is 1. The van der Waals surface area contributed by atoms with E-state index in [2.05, 4.69) is 23.4 Å². The van der Waals surface area contributed by atoms with Crippen molar-refractivity contribution in [2.24, 2.45) is 16.5 Å². The molecule has 7 nitrogen and oxygen atoms in total. The van der Waals surface area contributed by atoms with Crippen LogP contribution in [0.25, 0.3) is 11.8 Å². The molecule has 2 aromatic carbocycles. The number of allylic oxidation sites excluding steroid dienone is 1. The van der Waals surface area contributed by atoms with Crippen LogP contribution in [0.1, 0.15) is 31.0 Å². The van der Waals surface area contributed by atoms with E-state index >= 15 is 0 Å². The summed E-state index contributed by atoms with van der Waals surface area (Å²) in [5.74, 6) is -0.870. The van der Waals surface area contributed by atoms with Gasteiger partial charge in [0, 0.05) is 11.3 Å². The van der Waals surface area contributed by atoms with E-state index in [-0.39, 0.29) is 28.2 Å². The molecule has 1 saturated carbocycles. The summed E-state index contributed by atoms with van der Waals surface area (Å²) in [6, 6.07) is 12.3. The Labute approximate surface area is 191 Å². The molecule has 170 valence electrons. The minimum Gasteiger partial charge on any atom is -0.325 e. The van der Waals surface area contributed by atoms with Crippen molar-refractivity contribution in [1.82, 2.24) is 9.78 Å². The van der Waals surface area contributed by atoms with Gasteiger partial charge in [-0.2, -0.15) is 5.10 Å². The smallest absolute Gasteiger partial charge is 0.240 e. The van der Waals surface area contributed by atoms with Crippen molar-refractivity contribution < 1.29 is 17.6 Å². The van der Waals surface area contributed by atoms with Crippen LogP contribution < -0.4 is 10.5 Å². The Kier molecular flexibility index (Phi) is 4.98. The number of carbonyl (C=O) groups is 1. The molecule has 2 atom stereocenters. The highest BCUT2D eigenvalue weighted by atomic mass is 32.2. The van der Waals surface area contributed by atoms with Crippen molar-refractivity contribution in [3.05, 3.63) is 77.4 Å². The van der Waals surface area contributed by atoms with Gasteiger partial charge in [0.2, 0.25) is 15.9 Å². The topological polar surface area (TPSA) is 107 Å². The van der Waals surface area contributed by atoms with Crippen LogP contribution in [-0.4, -0.2) is 24.1 Å². The van der Waals surface area contributed by atoms with Gasteiger partial charge in [0.05, 0.1) is 23.3 Å². The summed E-state index contributed by atoms with van der Waals surface area (Å²) >= 11 is 0. The number of hydrogen-bond acceptors (Lipinski definition) is 4. The van der Waals surface area contributed by atoms with Crippen molar-refractivity contribution in [1.29, 1.82) is 0 Å². The van der Waals surface area contributed by atoms with E-state index in [1.54, 1.807) is 35.1 Å². The molecule has 1 fully saturated rings. The molecular formula is C24H23FN4O3S. The van der Waals surface area contributed by atoms with Crippen molar-refractivity contribution >= 4 is 27.7 Å². The maximum absolute atomic E-state index is 13.3. The fourth-order valence-corrected chi connectivity index (χ4v) is 5.78. The van der Waals surface area contributed by atoms with Crippen molar-refractivity contribution in [2.75, 3.05) is 5.32 Å². The summed E-state index contributed by atoms with van der Waals surface area (Å²) in [5, 5.41) is 12.6. The Balaban J connectivity index is 1.44. The average molecular weight is 467 g/mol. The van der Waals surface area contributed by atoms with Gasteiger partial charge in [-0.15, -0.1) is 0 Å². The zero-order chi connectivity index (χ0) is 23.4.